The van der Waals surface area contributed by atoms with Crippen molar-refractivity contribution in [3.8, 4) is 5.75 Å². The Hall–Kier alpha value is -2.38. The van der Waals surface area contributed by atoms with E-state index in [0.717, 1.165) is 38.7 Å². The van der Waals surface area contributed by atoms with Gasteiger partial charge in [-0.1, -0.05) is 26.8 Å². The van der Waals surface area contributed by atoms with Gasteiger partial charge in [-0.15, -0.1) is 11.3 Å². The zero-order valence-electron chi connectivity index (χ0n) is 18.2. The first-order valence-electron chi connectivity index (χ1n) is 10.1. The lowest BCUT2D eigenvalue weighted by molar-refractivity contribution is -0.149. The number of benzene rings is 1. The number of thiophene rings is 1. The first-order valence-corrected chi connectivity index (χ1v) is 11.0. The molecule has 1 atom stereocenters. The van der Waals surface area contributed by atoms with E-state index in [1.165, 1.54) is 0 Å². The molecule has 0 spiro atoms. The van der Waals surface area contributed by atoms with E-state index in [0.29, 0.717) is 26.1 Å². The molecule has 0 aliphatic carbocycles. The highest BCUT2D eigenvalue weighted by Crippen LogP contribution is 2.34. The summed E-state index contributed by atoms with van der Waals surface area (Å²) in [6.07, 6.45) is 0.137. The molecular weight excluding hydrogens is 402 g/mol. The number of hydrogen-bond donors (Lipinski definition) is 1. The monoisotopic (exact) mass is 431 g/mol. The molecular formula is C23H29NO5S. The summed E-state index contributed by atoms with van der Waals surface area (Å²) in [7, 11) is 0. The predicted molar refractivity (Wildman–Crippen MR) is 118 cm³/mol. The standard InChI is InChI=1S/C23H29NO5S/c1-6-27-19(21(25)26)13-15-7-8-18(16-10-12-30-20(15)16)28-11-9-17-14(2)29-22(24-17)23(3,4)5/h7-8,10,12,19H,6,9,11,13H2,1-5H3,(H,25,26). The van der Waals surface area contributed by atoms with E-state index in [2.05, 4.69) is 25.8 Å². The average molecular weight is 432 g/mol. The van der Waals surface area contributed by atoms with Crippen LogP contribution in [0.15, 0.2) is 28.0 Å². The van der Waals surface area contributed by atoms with Crippen LogP contribution in [0.1, 0.15) is 50.6 Å². The summed E-state index contributed by atoms with van der Waals surface area (Å²) < 4.78 is 18.3. The maximum absolute atomic E-state index is 11.4. The van der Waals surface area contributed by atoms with Gasteiger partial charge in [-0.3, -0.25) is 0 Å². The number of hydrogen-bond acceptors (Lipinski definition) is 6. The van der Waals surface area contributed by atoms with E-state index in [1.54, 1.807) is 18.3 Å². The summed E-state index contributed by atoms with van der Waals surface area (Å²) in [5.41, 5.74) is 1.74. The molecule has 1 unspecified atom stereocenters. The molecule has 7 heteroatoms. The van der Waals surface area contributed by atoms with Crippen LogP contribution in [0.2, 0.25) is 0 Å². The molecule has 0 amide bonds. The van der Waals surface area contributed by atoms with E-state index < -0.39 is 12.1 Å². The summed E-state index contributed by atoms with van der Waals surface area (Å²) in [6.45, 7) is 10.8. The molecule has 0 fully saturated rings. The van der Waals surface area contributed by atoms with Crippen molar-refractivity contribution in [3.05, 3.63) is 46.5 Å². The molecule has 0 radical (unpaired) electrons. The maximum atomic E-state index is 11.4. The number of fused-ring (bicyclic) bond motifs is 1. The van der Waals surface area contributed by atoms with Crippen molar-refractivity contribution in [2.45, 2.75) is 59.0 Å². The fraction of sp³-hybridized carbons (Fsp3) is 0.478. The lowest BCUT2D eigenvalue weighted by atomic mass is 9.97. The van der Waals surface area contributed by atoms with Crippen molar-refractivity contribution in [1.82, 2.24) is 4.98 Å². The zero-order chi connectivity index (χ0) is 21.9. The molecule has 6 nitrogen and oxygen atoms in total. The number of carboxylic acids is 1. The molecule has 0 saturated heterocycles. The number of aryl methyl sites for hydroxylation is 1. The van der Waals surface area contributed by atoms with Crippen LogP contribution in [0.25, 0.3) is 10.1 Å². The molecule has 3 rings (SSSR count). The summed E-state index contributed by atoms with van der Waals surface area (Å²) in [4.78, 5) is 16.1. The Kier molecular flexibility index (Phi) is 6.83. The Morgan fingerprint density at radius 3 is 2.70 bits per heavy atom. The molecule has 0 aliphatic heterocycles. The van der Waals surface area contributed by atoms with Gasteiger partial charge < -0.3 is 19.0 Å². The van der Waals surface area contributed by atoms with Crippen LogP contribution in [0.4, 0.5) is 0 Å². The van der Waals surface area contributed by atoms with Crippen molar-refractivity contribution >= 4 is 27.4 Å². The molecule has 3 aromatic rings. The summed E-state index contributed by atoms with van der Waals surface area (Å²) in [5, 5.41) is 12.4. The Labute approximate surface area is 180 Å². The number of aromatic nitrogens is 1. The number of carboxylic acid groups (broad SMARTS) is 1. The number of ether oxygens (including phenoxy) is 2. The van der Waals surface area contributed by atoms with Crippen LogP contribution in [0, 0.1) is 6.92 Å². The van der Waals surface area contributed by atoms with Gasteiger partial charge in [0, 0.05) is 34.9 Å². The van der Waals surface area contributed by atoms with Gasteiger partial charge in [-0.05, 0) is 36.9 Å². The largest absolute Gasteiger partial charge is 0.493 e. The van der Waals surface area contributed by atoms with Crippen LogP contribution in [0.5, 0.6) is 5.75 Å². The third-order valence-electron chi connectivity index (χ3n) is 4.84. The van der Waals surface area contributed by atoms with Gasteiger partial charge in [0.2, 0.25) is 0 Å². The molecule has 0 bridgehead atoms. The van der Waals surface area contributed by atoms with Gasteiger partial charge in [-0.2, -0.15) is 0 Å². The molecule has 162 valence electrons. The molecule has 30 heavy (non-hydrogen) atoms. The Bertz CT molecular complexity index is 1010. The van der Waals surface area contributed by atoms with Gasteiger partial charge in [0.25, 0.3) is 0 Å². The molecule has 2 aromatic heterocycles. The minimum atomic E-state index is -0.945. The normalized spacial score (nSPS) is 13.0. The third kappa shape index (κ3) is 5.02. The van der Waals surface area contributed by atoms with Gasteiger partial charge in [0.1, 0.15) is 11.5 Å². The second-order valence-corrected chi connectivity index (χ2v) is 9.16. The smallest absolute Gasteiger partial charge is 0.333 e. The summed E-state index contributed by atoms with van der Waals surface area (Å²) in [6, 6.07) is 5.85. The second kappa shape index (κ2) is 9.18. The average Bonchev–Trinajstić information content (AvgIpc) is 3.30. The van der Waals surface area contributed by atoms with Crippen molar-refractivity contribution in [2.24, 2.45) is 0 Å². The van der Waals surface area contributed by atoms with Crippen molar-refractivity contribution in [1.29, 1.82) is 0 Å². The van der Waals surface area contributed by atoms with Gasteiger partial charge in [0.15, 0.2) is 12.0 Å². The number of aliphatic carboxylic acids is 1. The lowest BCUT2D eigenvalue weighted by Crippen LogP contribution is -2.26. The highest BCUT2D eigenvalue weighted by atomic mass is 32.1. The van der Waals surface area contributed by atoms with Crippen LogP contribution >= 0.6 is 11.3 Å². The van der Waals surface area contributed by atoms with Crippen LogP contribution < -0.4 is 4.74 Å². The number of nitrogens with zero attached hydrogens (tertiary/aromatic N) is 1. The van der Waals surface area contributed by atoms with E-state index in [1.807, 2.05) is 30.5 Å². The number of rotatable bonds is 9. The topological polar surface area (TPSA) is 81.8 Å². The summed E-state index contributed by atoms with van der Waals surface area (Å²) >= 11 is 1.58. The molecule has 2 heterocycles. The Morgan fingerprint density at radius 1 is 1.30 bits per heavy atom. The minimum Gasteiger partial charge on any atom is -0.493 e. The van der Waals surface area contributed by atoms with Crippen LogP contribution in [0.3, 0.4) is 0 Å². The fourth-order valence-corrected chi connectivity index (χ4v) is 4.18. The van der Waals surface area contributed by atoms with E-state index in [4.69, 9.17) is 13.9 Å². The van der Waals surface area contributed by atoms with Crippen molar-refractivity contribution in [3.63, 3.8) is 0 Å². The Morgan fingerprint density at radius 2 is 2.07 bits per heavy atom. The first kappa shape index (κ1) is 22.3. The molecule has 1 N–H and O–H groups in total. The minimum absolute atomic E-state index is 0.127. The van der Waals surface area contributed by atoms with Gasteiger partial charge in [0.05, 0.1) is 12.3 Å². The van der Waals surface area contributed by atoms with E-state index in [-0.39, 0.29) is 5.41 Å². The van der Waals surface area contributed by atoms with Gasteiger partial charge in [-0.25, -0.2) is 9.78 Å². The lowest BCUT2D eigenvalue weighted by Gasteiger charge is -2.14. The maximum Gasteiger partial charge on any atom is 0.333 e. The highest BCUT2D eigenvalue weighted by Gasteiger charge is 2.23. The number of oxazole rings is 1. The molecule has 0 aliphatic rings. The van der Waals surface area contributed by atoms with Crippen LogP contribution in [-0.2, 0) is 27.8 Å². The van der Waals surface area contributed by atoms with E-state index in [9.17, 15) is 9.90 Å². The quantitative estimate of drug-likeness (QED) is 0.505. The van der Waals surface area contributed by atoms with Gasteiger partial charge >= 0.3 is 5.97 Å². The second-order valence-electron chi connectivity index (χ2n) is 8.24. The first-order chi connectivity index (χ1) is 14.2. The fourth-order valence-electron chi connectivity index (χ4n) is 3.24. The van der Waals surface area contributed by atoms with E-state index >= 15 is 0 Å². The van der Waals surface area contributed by atoms with Crippen molar-refractivity contribution < 1.29 is 23.8 Å². The third-order valence-corrected chi connectivity index (χ3v) is 5.83. The highest BCUT2D eigenvalue weighted by molar-refractivity contribution is 7.17. The predicted octanol–water partition coefficient (Wildman–Crippen LogP) is 5.15. The molecule has 0 saturated carbocycles. The SMILES string of the molecule is CCOC(Cc1ccc(OCCc2nc(C(C)(C)C)oc2C)c2ccsc12)C(=O)O. The molecule has 1 aromatic carbocycles. The summed E-state index contributed by atoms with van der Waals surface area (Å²) in [5.74, 6) is 1.41. The van der Waals surface area contributed by atoms with Crippen molar-refractivity contribution in [2.75, 3.05) is 13.2 Å². The van der Waals surface area contributed by atoms with Crippen LogP contribution in [-0.4, -0.2) is 35.4 Å². The Balaban J connectivity index is 1.72. The number of carbonyl (C=O) groups is 1. The zero-order valence-corrected chi connectivity index (χ0v) is 19.0.